The zero-order valence-corrected chi connectivity index (χ0v) is 19.7. The number of ketones is 1. The van der Waals surface area contributed by atoms with E-state index in [0.29, 0.717) is 12.3 Å². The van der Waals surface area contributed by atoms with Crippen LogP contribution in [0.4, 0.5) is 10.1 Å². The highest BCUT2D eigenvalue weighted by Gasteiger charge is 2.58. The van der Waals surface area contributed by atoms with E-state index in [4.69, 9.17) is 0 Å². The molecule has 1 aromatic rings. The zero-order valence-electron chi connectivity index (χ0n) is 19.7. The van der Waals surface area contributed by atoms with E-state index >= 15 is 0 Å². The summed E-state index contributed by atoms with van der Waals surface area (Å²) in [6, 6.07) is 6.61. The monoisotopic (exact) mass is 425 g/mol. The van der Waals surface area contributed by atoms with Crippen LogP contribution in [0.2, 0.25) is 0 Å². The van der Waals surface area contributed by atoms with Crippen molar-refractivity contribution in [1.29, 1.82) is 0 Å². The molecule has 4 aliphatic carbocycles. The van der Waals surface area contributed by atoms with Crippen molar-refractivity contribution in [2.45, 2.75) is 71.6 Å². The number of carbonyl (C=O) groups excluding carboxylic acids is 1. The van der Waals surface area contributed by atoms with Crippen LogP contribution in [-0.2, 0) is 4.79 Å². The Morgan fingerprint density at radius 3 is 2.68 bits per heavy atom. The Kier molecular flexibility index (Phi) is 5.67. The van der Waals surface area contributed by atoms with Crippen LogP contribution in [0.3, 0.4) is 0 Å². The van der Waals surface area contributed by atoms with Gasteiger partial charge in [-0.15, -0.1) is 0 Å². The SMILES string of the molecule is CC1CCC2C(CCC3C2CCC2(C)C3CC[C@@H]2C(=O)CN(C)c2cccc(F)c2)C1. The lowest BCUT2D eigenvalue weighted by Crippen LogP contribution is -2.50. The van der Waals surface area contributed by atoms with Crippen molar-refractivity contribution in [3.8, 4) is 0 Å². The zero-order chi connectivity index (χ0) is 21.8. The molecule has 0 heterocycles. The van der Waals surface area contributed by atoms with Gasteiger partial charge in [-0.1, -0.05) is 26.3 Å². The second-order valence-electron chi connectivity index (χ2n) is 11.8. The fourth-order valence-corrected chi connectivity index (χ4v) is 8.77. The van der Waals surface area contributed by atoms with Crippen molar-refractivity contribution in [2.75, 3.05) is 18.5 Å². The van der Waals surface area contributed by atoms with E-state index in [1.165, 1.54) is 63.5 Å². The number of anilines is 1. The van der Waals surface area contributed by atoms with Gasteiger partial charge >= 0.3 is 0 Å². The molecule has 0 aliphatic heterocycles. The molecule has 1 aromatic carbocycles. The number of hydrogen-bond donors (Lipinski definition) is 0. The first-order valence-electron chi connectivity index (χ1n) is 12.9. The lowest BCUT2D eigenvalue weighted by atomic mass is 9.49. The molecule has 4 fully saturated rings. The maximum absolute atomic E-state index is 13.6. The quantitative estimate of drug-likeness (QED) is 0.533. The smallest absolute Gasteiger partial charge is 0.155 e. The molecule has 7 unspecified atom stereocenters. The van der Waals surface area contributed by atoms with E-state index in [2.05, 4.69) is 13.8 Å². The fraction of sp³-hybridized carbons (Fsp3) is 0.750. The molecule has 0 saturated heterocycles. The van der Waals surface area contributed by atoms with Gasteiger partial charge in [0.15, 0.2) is 5.78 Å². The van der Waals surface area contributed by atoms with Crippen molar-refractivity contribution >= 4 is 11.5 Å². The number of benzene rings is 1. The molecule has 0 bridgehead atoms. The molecule has 4 saturated carbocycles. The third-order valence-corrected chi connectivity index (χ3v) is 10.2. The number of rotatable bonds is 4. The summed E-state index contributed by atoms with van der Waals surface area (Å²) in [5, 5.41) is 0. The number of likely N-dealkylation sites (N-methyl/N-ethyl adjacent to an activating group) is 1. The van der Waals surface area contributed by atoms with Gasteiger partial charge in [0.2, 0.25) is 0 Å². The lowest BCUT2D eigenvalue weighted by molar-refractivity contribution is -0.129. The second-order valence-corrected chi connectivity index (χ2v) is 11.8. The molecular formula is C28H40FNO. The molecule has 4 aliphatic rings. The van der Waals surface area contributed by atoms with Crippen LogP contribution >= 0.6 is 0 Å². The highest BCUT2D eigenvalue weighted by molar-refractivity contribution is 5.86. The maximum Gasteiger partial charge on any atom is 0.155 e. The maximum atomic E-state index is 13.6. The molecule has 3 heteroatoms. The molecule has 0 radical (unpaired) electrons. The van der Waals surface area contributed by atoms with Crippen LogP contribution in [0.15, 0.2) is 24.3 Å². The van der Waals surface area contributed by atoms with E-state index in [9.17, 15) is 9.18 Å². The minimum Gasteiger partial charge on any atom is -0.367 e. The summed E-state index contributed by atoms with van der Waals surface area (Å²) in [7, 11) is 1.92. The van der Waals surface area contributed by atoms with Gasteiger partial charge in [-0.05, 0) is 110 Å². The summed E-state index contributed by atoms with van der Waals surface area (Å²) in [5.74, 6) is 5.70. The molecule has 0 spiro atoms. The molecule has 5 rings (SSSR count). The van der Waals surface area contributed by atoms with Gasteiger partial charge in [0, 0.05) is 18.7 Å². The van der Waals surface area contributed by atoms with Gasteiger partial charge in [-0.3, -0.25) is 4.79 Å². The molecule has 2 nitrogen and oxygen atoms in total. The van der Waals surface area contributed by atoms with Crippen LogP contribution in [0.5, 0.6) is 0 Å². The largest absolute Gasteiger partial charge is 0.367 e. The molecule has 170 valence electrons. The van der Waals surface area contributed by atoms with Crippen LogP contribution in [-0.4, -0.2) is 19.4 Å². The predicted molar refractivity (Wildman–Crippen MR) is 124 cm³/mol. The molecule has 0 N–H and O–H groups in total. The summed E-state index contributed by atoms with van der Waals surface area (Å²) in [6.45, 7) is 5.29. The van der Waals surface area contributed by atoms with Crippen molar-refractivity contribution < 1.29 is 9.18 Å². The van der Waals surface area contributed by atoms with Crippen molar-refractivity contribution in [3.63, 3.8) is 0 Å². The van der Waals surface area contributed by atoms with Gasteiger partial charge in [0.25, 0.3) is 0 Å². The summed E-state index contributed by atoms with van der Waals surface area (Å²) in [5.41, 5.74) is 0.970. The lowest BCUT2D eigenvalue weighted by Gasteiger charge is -2.56. The first-order valence-corrected chi connectivity index (χ1v) is 12.9. The molecule has 31 heavy (non-hydrogen) atoms. The van der Waals surface area contributed by atoms with Gasteiger partial charge in [-0.2, -0.15) is 0 Å². The topological polar surface area (TPSA) is 20.3 Å². The first kappa shape index (κ1) is 21.5. The number of nitrogens with zero attached hydrogens (tertiary/aromatic N) is 1. The minimum absolute atomic E-state index is 0.176. The van der Waals surface area contributed by atoms with Gasteiger partial charge < -0.3 is 4.90 Å². The van der Waals surface area contributed by atoms with Gasteiger partial charge in [0.1, 0.15) is 5.82 Å². The summed E-state index contributed by atoms with van der Waals surface area (Å²) < 4.78 is 13.6. The van der Waals surface area contributed by atoms with Crippen LogP contribution in [0, 0.1) is 52.7 Å². The molecule has 8 atom stereocenters. The van der Waals surface area contributed by atoms with Crippen molar-refractivity contribution in [2.24, 2.45) is 46.8 Å². The molecule has 0 amide bonds. The number of halogens is 1. The first-order chi connectivity index (χ1) is 14.9. The predicted octanol–water partition coefficient (Wildman–Crippen LogP) is 6.74. The minimum atomic E-state index is -0.240. The van der Waals surface area contributed by atoms with Gasteiger partial charge in [-0.25, -0.2) is 4.39 Å². The molecular weight excluding hydrogens is 385 g/mol. The number of carbonyl (C=O) groups is 1. The van der Waals surface area contributed by atoms with E-state index in [0.717, 1.165) is 47.6 Å². The van der Waals surface area contributed by atoms with Crippen LogP contribution in [0.1, 0.15) is 71.6 Å². The third kappa shape index (κ3) is 3.74. The summed E-state index contributed by atoms with van der Waals surface area (Å²) >= 11 is 0. The third-order valence-electron chi connectivity index (χ3n) is 10.2. The molecule has 0 aromatic heterocycles. The number of hydrogen-bond acceptors (Lipinski definition) is 2. The van der Waals surface area contributed by atoms with Crippen LogP contribution < -0.4 is 4.90 Å². The highest BCUT2D eigenvalue weighted by Crippen LogP contribution is 2.64. The Morgan fingerprint density at radius 2 is 1.87 bits per heavy atom. The normalized spacial score (nSPS) is 41.7. The summed E-state index contributed by atoms with van der Waals surface area (Å²) in [6.07, 6.45) is 12.1. The standard InChI is InChI=1S/C28H40FNO/c1-18-7-9-22-19(15-18)8-10-24-23(22)13-14-28(2)25(24)11-12-26(28)27(31)17-30(3)21-6-4-5-20(29)16-21/h4-6,16,18-19,22-26H,7-15,17H2,1-3H3/t18?,19?,22?,23?,24?,25?,26-,28?/m1/s1. The Balaban J connectivity index is 1.28. The Morgan fingerprint density at radius 1 is 1.06 bits per heavy atom. The Hall–Kier alpha value is -1.38. The van der Waals surface area contributed by atoms with Crippen molar-refractivity contribution in [3.05, 3.63) is 30.1 Å². The van der Waals surface area contributed by atoms with E-state index in [1.54, 1.807) is 6.07 Å². The Labute approximate surface area is 188 Å². The average molecular weight is 426 g/mol. The summed E-state index contributed by atoms with van der Waals surface area (Å²) in [4.78, 5) is 15.4. The highest BCUT2D eigenvalue weighted by atomic mass is 19.1. The number of fused-ring (bicyclic) bond motifs is 5. The van der Waals surface area contributed by atoms with E-state index in [1.807, 2.05) is 18.0 Å². The Bertz CT molecular complexity index is 823. The van der Waals surface area contributed by atoms with Crippen molar-refractivity contribution in [1.82, 2.24) is 0 Å². The van der Waals surface area contributed by atoms with E-state index in [-0.39, 0.29) is 17.2 Å². The average Bonchev–Trinajstić information content (AvgIpc) is 3.10. The second kappa shape index (κ2) is 8.19. The van der Waals surface area contributed by atoms with E-state index < -0.39 is 0 Å². The number of Topliss-reactive ketones (excluding diaryl/α,β-unsaturated/α-hetero) is 1. The van der Waals surface area contributed by atoms with Crippen LogP contribution in [0.25, 0.3) is 0 Å². The van der Waals surface area contributed by atoms with Gasteiger partial charge in [0.05, 0.1) is 6.54 Å². The fourth-order valence-electron chi connectivity index (χ4n) is 8.77.